The van der Waals surface area contributed by atoms with Gasteiger partial charge in [-0.3, -0.25) is 0 Å². The number of aliphatic hydroxyl groups is 1. The van der Waals surface area contributed by atoms with E-state index in [1.165, 1.54) is 17.9 Å². The van der Waals surface area contributed by atoms with Crippen molar-refractivity contribution in [3.63, 3.8) is 0 Å². The minimum Gasteiger partial charge on any atom is -0.396 e. The zero-order valence-electron chi connectivity index (χ0n) is 10.5. The van der Waals surface area contributed by atoms with Crippen LogP contribution in [0.25, 0.3) is 0 Å². The highest BCUT2D eigenvalue weighted by molar-refractivity contribution is 7.99. The van der Waals surface area contributed by atoms with E-state index >= 15 is 0 Å². The molecule has 0 fully saturated rings. The van der Waals surface area contributed by atoms with Gasteiger partial charge in [-0.2, -0.15) is 11.8 Å². The van der Waals surface area contributed by atoms with Crippen LogP contribution in [0.15, 0.2) is 0 Å². The van der Waals surface area contributed by atoms with Crippen molar-refractivity contribution in [2.45, 2.75) is 40.0 Å². The molecule has 0 aliphatic carbocycles. The molecule has 92 valence electrons. The molecule has 0 aliphatic rings. The Morgan fingerprint density at radius 3 is 2.33 bits per heavy atom. The van der Waals surface area contributed by atoms with E-state index in [1.54, 1.807) is 0 Å². The number of nitrogens with one attached hydrogen (secondary N) is 1. The Morgan fingerprint density at radius 1 is 1.20 bits per heavy atom. The number of hydrogen-bond donors (Lipinski definition) is 2. The van der Waals surface area contributed by atoms with Crippen molar-refractivity contribution in [3.05, 3.63) is 0 Å². The monoisotopic (exact) mass is 233 g/mol. The lowest BCUT2D eigenvalue weighted by atomic mass is 9.83. The molecule has 0 saturated carbocycles. The highest BCUT2D eigenvalue weighted by atomic mass is 32.2. The standard InChI is InChI=1S/C12H27NOS/c1-4-12(5-2,11-14)10-13-8-7-9-15-6-3/h13-14H,4-11H2,1-3H3. The van der Waals surface area contributed by atoms with Gasteiger partial charge in [-0.25, -0.2) is 0 Å². The van der Waals surface area contributed by atoms with Gasteiger partial charge in [0.2, 0.25) is 0 Å². The first-order chi connectivity index (χ1) is 7.24. The quantitative estimate of drug-likeness (QED) is 0.569. The van der Waals surface area contributed by atoms with Gasteiger partial charge in [-0.15, -0.1) is 0 Å². The Hall–Kier alpha value is 0.270. The van der Waals surface area contributed by atoms with E-state index < -0.39 is 0 Å². The van der Waals surface area contributed by atoms with Crippen LogP contribution in [0.1, 0.15) is 40.0 Å². The van der Waals surface area contributed by atoms with Crippen LogP contribution in [0.3, 0.4) is 0 Å². The fourth-order valence-corrected chi connectivity index (χ4v) is 2.21. The highest BCUT2D eigenvalue weighted by Gasteiger charge is 2.24. The van der Waals surface area contributed by atoms with Crippen LogP contribution in [-0.4, -0.2) is 36.3 Å². The van der Waals surface area contributed by atoms with Gasteiger partial charge in [0.15, 0.2) is 0 Å². The van der Waals surface area contributed by atoms with Crippen molar-refractivity contribution in [2.24, 2.45) is 5.41 Å². The predicted molar refractivity (Wildman–Crippen MR) is 70.6 cm³/mol. The first-order valence-electron chi connectivity index (χ1n) is 6.14. The third kappa shape index (κ3) is 6.44. The fourth-order valence-electron chi connectivity index (χ4n) is 1.58. The summed E-state index contributed by atoms with van der Waals surface area (Å²) in [6, 6.07) is 0. The minimum absolute atomic E-state index is 0.109. The summed E-state index contributed by atoms with van der Waals surface area (Å²) in [4.78, 5) is 0. The van der Waals surface area contributed by atoms with Crippen LogP contribution in [0.4, 0.5) is 0 Å². The average Bonchev–Trinajstić information content (AvgIpc) is 2.29. The largest absolute Gasteiger partial charge is 0.396 e. The van der Waals surface area contributed by atoms with Crippen molar-refractivity contribution >= 4 is 11.8 Å². The Balaban J connectivity index is 3.54. The Labute approximate surface area is 99.2 Å². The van der Waals surface area contributed by atoms with Crippen molar-refractivity contribution in [2.75, 3.05) is 31.2 Å². The van der Waals surface area contributed by atoms with Crippen LogP contribution in [0.2, 0.25) is 0 Å². The zero-order chi connectivity index (χ0) is 11.6. The predicted octanol–water partition coefficient (Wildman–Crippen LogP) is 2.52. The number of hydrogen-bond acceptors (Lipinski definition) is 3. The summed E-state index contributed by atoms with van der Waals surface area (Å²) in [5.41, 5.74) is 0.109. The summed E-state index contributed by atoms with van der Waals surface area (Å²) in [7, 11) is 0. The molecule has 0 saturated heterocycles. The van der Waals surface area contributed by atoms with Gasteiger partial charge in [0, 0.05) is 18.6 Å². The third-order valence-electron chi connectivity index (χ3n) is 3.18. The SMILES string of the molecule is CCSCCCNCC(CC)(CC)CO. The smallest absolute Gasteiger partial charge is 0.0499 e. The van der Waals surface area contributed by atoms with Gasteiger partial charge in [-0.05, 0) is 37.3 Å². The maximum Gasteiger partial charge on any atom is 0.0499 e. The normalized spacial score (nSPS) is 12.0. The molecule has 0 heterocycles. The summed E-state index contributed by atoms with van der Waals surface area (Å²) in [5.74, 6) is 2.46. The van der Waals surface area contributed by atoms with Crippen LogP contribution < -0.4 is 5.32 Å². The fraction of sp³-hybridized carbons (Fsp3) is 1.00. The van der Waals surface area contributed by atoms with E-state index in [-0.39, 0.29) is 5.41 Å². The first kappa shape index (κ1) is 15.3. The number of aliphatic hydroxyl groups excluding tert-OH is 1. The van der Waals surface area contributed by atoms with Crippen molar-refractivity contribution < 1.29 is 5.11 Å². The number of thioether (sulfide) groups is 1. The molecule has 0 spiro atoms. The molecule has 0 radical (unpaired) electrons. The molecule has 3 heteroatoms. The van der Waals surface area contributed by atoms with Crippen LogP contribution in [-0.2, 0) is 0 Å². The molecular formula is C12H27NOS. The van der Waals surface area contributed by atoms with Gasteiger partial charge >= 0.3 is 0 Å². The van der Waals surface area contributed by atoms with Gasteiger partial charge in [-0.1, -0.05) is 20.8 Å². The Morgan fingerprint density at radius 2 is 1.87 bits per heavy atom. The summed E-state index contributed by atoms with van der Waals surface area (Å²) in [6.45, 7) is 8.85. The lowest BCUT2D eigenvalue weighted by molar-refractivity contribution is 0.113. The molecule has 2 N–H and O–H groups in total. The van der Waals surface area contributed by atoms with Gasteiger partial charge < -0.3 is 10.4 Å². The minimum atomic E-state index is 0.109. The number of rotatable bonds is 10. The van der Waals surface area contributed by atoms with E-state index in [1.807, 2.05) is 11.8 Å². The molecule has 0 atom stereocenters. The summed E-state index contributed by atoms with van der Waals surface area (Å²) in [6.07, 6.45) is 3.33. The highest BCUT2D eigenvalue weighted by Crippen LogP contribution is 2.24. The second-order valence-electron chi connectivity index (χ2n) is 4.09. The van der Waals surface area contributed by atoms with Crippen molar-refractivity contribution in [1.29, 1.82) is 0 Å². The maximum absolute atomic E-state index is 9.37. The average molecular weight is 233 g/mol. The van der Waals surface area contributed by atoms with E-state index in [2.05, 4.69) is 26.1 Å². The van der Waals surface area contributed by atoms with Crippen LogP contribution in [0.5, 0.6) is 0 Å². The lowest BCUT2D eigenvalue weighted by Gasteiger charge is -2.29. The van der Waals surface area contributed by atoms with Gasteiger partial charge in [0.25, 0.3) is 0 Å². The molecule has 0 rings (SSSR count). The molecule has 0 aromatic rings. The molecule has 0 unspecified atom stereocenters. The molecule has 0 aliphatic heterocycles. The zero-order valence-corrected chi connectivity index (χ0v) is 11.3. The van der Waals surface area contributed by atoms with Crippen molar-refractivity contribution in [1.82, 2.24) is 5.32 Å². The van der Waals surface area contributed by atoms with Crippen LogP contribution in [0, 0.1) is 5.41 Å². The summed E-state index contributed by atoms with van der Waals surface area (Å²) >= 11 is 1.99. The first-order valence-corrected chi connectivity index (χ1v) is 7.29. The second-order valence-corrected chi connectivity index (χ2v) is 5.49. The lowest BCUT2D eigenvalue weighted by Crippen LogP contribution is -2.37. The topological polar surface area (TPSA) is 32.3 Å². The van der Waals surface area contributed by atoms with Crippen LogP contribution >= 0.6 is 11.8 Å². The van der Waals surface area contributed by atoms with E-state index in [0.717, 1.165) is 25.9 Å². The van der Waals surface area contributed by atoms with E-state index in [0.29, 0.717) is 6.61 Å². The Kier molecular flexibility index (Phi) is 9.66. The molecule has 0 aromatic heterocycles. The Bertz CT molecular complexity index is 129. The second kappa shape index (κ2) is 9.49. The van der Waals surface area contributed by atoms with Crippen molar-refractivity contribution in [3.8, 4) is 0 Å². The molecule has 0 bridgehead atoms. The molecule has 0 aromatic carbocycles. The maximum atomic E-state index is 9.37. The third-order valence-corrected chi connectivity index (χ3v) is 4.17. The van der Waals surface area contributed by atoms with E-state index in [4.69, 9.17) is 0 Å². The summed E-state index contributed by atoms with van der Waals surface area (Å²) in [5, 5.41) is 12.8. The molecular weight excluding hydrogens is 206 g/mol. The van der Waals surface area contributed by atoms with Gasteiger partial charge in [0.1, 0.15) is 0 Å². The molecule has 2 nitrogen and oxygen atoms in total. The molecule has 15 heavy (non-hydrogen) atoms. The van der Waals surface area contributed by atoms with Gasteiger partial charge in [0.05, 0.1) is 0 Å². The molecule has 0 amide bonds. The summed E-state index contributed by atoms with van der Waals surface area (Å²) < 4.78 is 0. The van der Waals surface area contributed by atoms with E-state index in [9.17, 15) is 5.11 Å².